The van der Waals surface area contributed by atoms with Crippen LogP contribution in [0.4, 0.5) is 22.7 Å². The topological polar surface area (TPSA) is 33.5 Å². The van der Waals surface area contributed by atoms with Crippen LogP contribution < -0.4 is 14.5 Å². The first kappa shape index (κ1) is 43.1. The van der Waals surface area contributed by atoms with Gasteiger partial charge in [-0.15, -0.1) is 48.3 Å². The molecule has 0 saturated heterocycles. The van der Waals surface area contributed by atoms with Crippen LogP contribution in [0.2, 0.25) is 0 Å². The summed E-state index contributed by atoms with van der Waals surface area (Å²) in [5.41, 5.74) is 19.0. The van der Waals surface area contributed by atoms with E-state index in [-0.39, 0.29) is 21.1 Å². The molecule has 0 unspecified atom stereocenters. The minimum Gasteiger partial charge on any atom is -0.509 e. The summed E-state index contributed by atoms with van der Waals surface area (Å²) in [5.74, 6) is 2.60. The van der Waals surface area contributed by atoms with Gasteiger partial charge in [0.15, 0.2) is 0 Å². The molecular weight excluding hydrogens is 1050 g/mol. The number of para-hydroxylation sites is 3. The fraction of sp³-hybridized carbons (Fsp3) is 0.0769. The number of fused-ring (bicyclic) bond motifs is 8. The van der Waals surface area contributed by atoms with Crippen LogP contribution in [0.15, 0.2) is 212 Å². The van der Waals surface area contributed by atoms with Crippen LogP contribution in [0.1, 0.15) is 41.7 Å². The largest absolute Gasteiger partial charge is 0.509 e. The number of rotatable bonds is 9. The van der Waals surface area contributed by atoms with Crippen molar-refractivity contribution in [3.8, 4) is 50.7 Å². The summed E-state index contributed by atoms with van der Waals surface area (Å²) < 4.78 is 9.41. The van der Waals surface area contributed by atoms with Gasteiger partial charge in [-0.25, -0.2) is 4.98 Å². The first-order valence-corrected chi connectivity index (χ1v) is 24.2. The molecule has 5 nitrogen and oxygen atoms in total. The molecule has 3 aliphatic rings. The summed E-state index contributed by atoms with van der Waals surface area (Å²) in [6.07, 6.45) is 2.92. The number of nitrogens with zero attached hydrogens (tertiary/aromatic N) is 4. The molecule has 6 heteroatoms. The van der Waals surface area contributed by atoms with E-state index < -0.39 is 5.41 Å². The fourth-order valence-corrected chi connectivity index (χ4v) is 11.9. The number of pyridine rings is 1. The van der Waals surface area contributed by atoms with E-state index in [2.05, 4.69) is 247 Å². The zero-order chi connectivity index (χ0) is 46.5. The normalized spacial score (nSPS) is 13.6. The van der Waals surface area contributed by atoms with Crippen LogP contribution in [0.25, 0.3) is 61.0 Å². The molecule has 3 heterocycles. The van der Waals surface area contributed by atoms with Crippen LogP contribution in [0.3, 0.4) is 0 Å². The molecule has 0 amide bonds. The Hall–Kier alpha value is -7.98. The van der Waals surface area contributed by atoms with Crippen molar-refractivity contribution >= 4 is 44.6 Å². The third-order valence-corrected chi connectivity index (χ3v) is 14.5. The minimum absolute atomic E-state index is 0. The van der Waals surface area contributed by atoms with Gasteiger partial charge in [0.1, 0.15) is 5.82 Å². The van der Waals surface area contributed by atoms with Crippen LogP contribution in [0, 0.1) is 24.7 Å². The van der Waals surface area contributed by atoms with E-state index in [4.69, 9.17) is 9.72 Å². The Morgan fingerprint density at radius 2 is 1.13 bits per heavy atom. The molecule has 0 atom stereocenters. The molecule has 1 aliphatic heterocycles. The molecule has 0 fully saturated rings. The third-order valence-electron chi connectivity index (χ3n) is 14.5. The molecule has 71 heavy (non-hydrogen) atoms. The van der Waals surface area contributed by atoms with Crippen molar-refractivity contribution in [2.45, 2.75) is 25.7 Å². The Balaban J connectivity index is 0.00000492. The monoisotopic (exact) mass is 1090 g/mol. The fourth-order valence-electron chi connectivity index (χ4n) is 11.9. The van der Waals surface area contributed by atoms with Crippen molar-refractivity contribution in [3.05, 3.63) is 259 Å². The predicted molar refractivity (Wildman–Crippen MR) is 285 cm³/mol. The predicted octanol–water partition coefficient (Wildman–Crippen LogP) is 16.2. The van der Waals surface area contributed by atoms with E-state index in [0.717, 1.165) is 68.3 Å². The van der Waals surface area contributed by atoms with E-state index in [1.807, 2.05) is 12.3 Å². The van der Waals surface area contributed by atoms with Crippen LogP contribution in [-0.4, -0.2) is 9.55 Å². The zero-order valence-corrected chi connectivity index (χ0v) is 41.4. The number of aromatic nitrogens is 2. The van der Waals surface area contributed by atoms with Gasteiger partial charge in [0, 0.05) is 77.9 Å². The van der Waals surface area contributed by atoms with Crippen molar-refractivity contribution < 1.29 is 25.8 Å². The van der Waals surface area contributed by atoms with Crippen molar-refractivity contribution in [1.29, 1.82) is 0 Å². The molecule has 0 bridgehead atoms. The number of ether oxygens (including phenoxy) is 1. The van der Waals surface area contributed by atoms with E-state index in [0.29, 0.717) is 17.4 Å². The molecule has 11 aromatic rings. The van der Waals surface area contributed by atoms with Crippen molar-refractivity contribution in [3.63, 3.8) is 0 Å². The molecule has 14 rings (SSSR count). The first-order valence-electron chi connectivity index (χ1n) is 24.2. The molecule has 0 N–H and O–H groups in total. The Morgan fingerprint density at radius 1 is 0.535 bits per heavy atom. The maximum absolute atomic E-state index is 7.11. The summed E-state index contributed by atoms with van der Waals surface area (Å²) in [6.45, 7) is 6.73. The molecule has 1 spiro atoms. The SMILES string of the molecule is CC(C)Cc1ccnc(-n2c3[c-]c(Oc4[c-]c(N5[CH-]N(c6c(-c7ccccc7)cccc6-c6ccccc6)c6ccccc65)ccc4)cc4c3c3c(cccc32)C42c3ccccc3-c3ccccc32)c1.[Pt]. The van der Waals surface area contributed by atoms with E-state index in [9.17, 15) is 0 Å². The van der Waals surface area contributed by atoms with E-state index in [1.165, 1.54) is 49.7 Å². The second-order valence-corrected chi connectivity index (χ2v) is 19.0. The van der Waals surface area contributed by atoms with Crippen molar-refractivity contribution in [2.75, 3.05) is 9.80 Å². The summed E-state index contributed by atoms with van der Waals surface area (Å²) in [7, 11) is 0. The number of anilines is 4. The van der Waals surface area contributed by atoms with Gasteiger partial charge < -0.3 is 19.1 Å². The number of hydrogen-bond acceptors (Lipinski definition) is 4. The molecule has 344 valence electrons. The second kappa shape index (κ2) is 16.9. The summed E-state index contributed by atoms with van der Waals surface area (Å²) in [4.78, 5) is 9.60. The molecule has 9 aromatic carbocycles. The maximum atomic E-state index is 7.11. The van der Waals surface area contributed by atoms with Gasteiger partial charge in [0.25, 0.3) is 0 Å². The van der Waals surface area contributed by atoms with Crippen LogP contribution in [0.5, 0.6) is 11.5 Å². The van der Waals surface area contributed by atoms with Crippen LogP contribution >= 0.6 is 0 Å². The Bertz CT molecular complexity index is 3780. The number of benzene rings is 9. The summed E-state index contributed by atoms with van der Waals surface area (Å²) in [5, 5.41) is 2.43. The Morgan fingerprint density at radius 3 is 1.82 bits per heavy atom. The summed E-state index contributed by atoms with van der Waals surface area (Å²) >= 11 is 0. The van der Waals surface area contributed by atoms with Gasteiger partial charge in [-0.2, -0.15) is 6.07 Å². The van der Waals surface area contributed by atoms with Crippen LogP contribution in [-0.2, 0) is 32.9 Å². The quantitative estimate of drug-likeness (QED) is 0.135. The maximum Gasteiger partial charge on any atom is 0.135 e. The van der Waals surface area contributed by atoms with Gasteiger partial charge in [-0.05, 0) is 92.6 Å². The average molecular weight is 1090 g/mol. The molecule has 2 aromatic heterocycles. The Kier molecular flexibility index (Phi) is 10.2. The minimum atomic E-state index is -0.549. The first-order chi connectivity index (χ1) is 34.5. The standard InChI is InChI=1S/C65H45N4O.Pt/c1-42(2)36-43-34-35-66-61(37-43)69-59-33-17-30-55-62(59)63-56(65(55)53-28-11-9-24-51(53)52-25-10-12-29-54(52)65)39-48(40-60(63)69)70-47-23-15-22-46(38-47)67-41-68(58-32-14-13-31-57(58)67)64-49(44-18-5-3-6-19-44)26-16-27-50(64)45-20-7-4-8-21-45;/h3-35,37,39,41-42H,36H2,1-2H3;/q-3;. The second-order valence-electron chi connectivity index (χ2n) is 19.0. The Labute approximate surface area is 428 Å². The van der Waals surface area contributed by atoms with Gasteiger partial charge in [-0.3, -0.25) is 0 Å². The van der Waals surface area contributed by atoms with Gasteiger partial charge in [0.2, 0.25) is 0 Å². The smallest absolute Gasteiger partial charge is 0.135 e. The molecule has 0 saturated carbocycles. The average Bonchev–Trinajstić information content (AvgIpc) is 4.13. The summed E-state index contributed by atoms with van der Waals surface area (Å²) in [6, 6.07) is 81.6. The van der Waals surface area contributed by atoms with E-state index >= 15 is 0 Å². The van der Waals surface area contributed by atoms with Crippen molar-refractivity contribution in [1.82, 2.24) is 9.55 Å². The van der Waals surface area contributed by atoms with Gasteiger partial charge >= 0.3 is 0 Å². The van der Waals surface area contributed by atoms with E-state index in [1.54, 1.807) is 0 Å². The van der Waals surface area contributed by atoms with Gasteiger partial charge in [0.05, 0.1) is 0 Å². The molecule has 0 radical (unpaired) electrons. The van der Waals surface area contributed by atoms with Crippen molar-refractivity contribution in [2.24, 2.45) is 5.92 Å². The number of hydrogen-bond donors (Lipinski definition) is 0. The van der Waals surface area contributed by atoms with Gasteiger partial charge in [-0.1, -0.05) is 176 Å². The zero-order valence-electron chi connectivity index (χ0n) is 39.1. The molecular formula is C65H45N4OPt-3. The third kappa shape index (κ3) is 6.53. The molecule has 2 aliphatic carbocycles.